The van der Waals surface area contributed by atoms with E-state index in [1.807, 2.05) is 6.92 Å². The fourth-order valence-corrected chi connectivity index (χ4v) is 2.67. The minimum Gasteiger partial charge on any atom is -0.490 e. The van der Waals surface area contributed by atoms with Crippen molar-refractivity contribution in [1.82, 2.24) is 5.32 Å². The molecule has 2 amide bonds. The Hall–Kier alpha value is -3.49. The molecule has 29 heavy (non-hydrogen) atoms. The van der Waals surface area contributed by atoms with Gasteiger partial charge in [0.25, 0.3) is 5.91 Å². The van der Waals surface area contributed by atoms with E-state index in [2.05, 4.69) is 10.6 Å². The van der Waals surface area contributed by atoms with Crippen LogP contribution in [0.5, 0.6) is 11.5 Å². The number of fused-ring (bicyclic) bond motifs is 1. The molecule has 0 fully saturated rings. The number of hydrogen-bond donors (Lipinski definition) is 2. The minimum absolute atomic E-state index is 0.0255. The molecule has 0 aliphatic carbocycles. The van der Waals surface area contributed by atoms with Crippen molar-refractivity contribution in [1.29, 1.82) is 0 Å². The maximum atomic E-state index is 13.6. The highest BCUT2D eigenvalue weighted by atomic mass is 19.2. The van der Waals surface area contributed by atoms with Crippen molar-refractivity contribution >= 4 is 23.6 Å². The fraction of sp³-hybridized carbons (Fsp3) is 0.200. The van der Waals surface area contributed by atoms with Gasteiger partial charge in [-0.05, 0) is 31.2 Å². The zero-order valence-electron chi connectivity index (χ0n) is 15.4. The largest absolute Gasteiger partial charge is 0.490 e. The molecule has 152 valence electrons. The Labute approximate surface area is 164 Å². The summed E-state index contributed by atoms with van der Waals surface area (Å²) in [6.07, 6.45) is 1.61. The van der Waals surface area contributed by atoms with E-state index >= 15 is 0 Å². The number of amides is 2. The number of para-hydroxylation sites is 1. The van der Waals surface area contributed by atoms with Gasteiger partial charge in [-0.15, -0.1) is 0 Å². The highest BCUT2D eigenvalue weighted by Crippen LogP contribution is 2.35. The van der Waals surface area contributed by atoms with Gasteiger partial charge in [0, 0.05) is 5.56 Å². The summed E-state index contributed by atoms with van der Waals surface area (Å²) in [6, 6.07) is 6.84. The van der Waals surface area contributed by atoms with Gasteiger partial charge in [0.05, 0.1) is 24.4 Å². The molecule has 6 nitrogen and oxygen atoms in total. The Morgan fingerprint density at radius 1 is 1.14 bits per heavy atom. The van der Waals surface area contributed by atoms with Gasteiger partial charge in [-0.25, -0.2) is 13.2 Å². The quantitative estimate of drug-likeness (QED) is 0.723. The Balaban J connectivity index is 1.62. The van der Waals surface area contributed by atoms with E-state index in [-0.39, 0.29) is 12.2 Å². The van der Waals surface area contributed by atoms with Crippen molar-refractivity contribution in [2.75, 3.05) is 25.1 Å². The van der Waals surface area contributed by atoms with E-state index in [0.29, 0.717) is 29.7 Å². The molecule has 0 spiro atoms. The lowest BCUT2D eigenvalue weighted by molar-refractivity contribution is -0.121. The van der Waals surface area contributed by atoms with E-state index in [4.69, 9.17) is 9.47 Å². The molecule has 1 aliphatic rings. The van der Waals surface area contributed by atoms with Crippen LogP contribution >= 0.6 is 0 Å². The number of hydrogen-bond acceptors (Lipinski definition) is 4. The maximum absolute atomic E-state index is 13.6. The predicted octanol–water partition coefficient (Wildman–Crippen LogP) is 3.03. The summed E-state index contributed by atoms with van der Waals surface area (Å²) in [5, 5.41) is 4.44. The molecule has 0 aromatic heterocycles. The molecular weight excluding hydrogens is 389 g/mol. The first-order chi connectivity index (χ1) is 13.9. The van der Waals surface area contributed by atoms with Crippen LogP contribution in [0.3, 0.4) is 0 Å². The summed E-state index contributed by atoms with van der Waals surface area (Å²) < 4.78 is 50.8. The summed E-state index contributed by atoms with van der Waals surface area (Å²) >= 11 is 0. The molecule has 1 heterocycles. The summed E-state index contributed by atoms with van der Waals surface area (Å²) in [6.45, 7) is 1.78. The standard InChI is InChI=1S/C20H17F3N2O4/c1-2-28-15-5-3-4-11-8-12(10-29-19(11)15)20(27)24-9-16(26)25-14-7-6-13(21)17(22)18(14)23/h3-8H,2,9-10H2,1H3,(H,24,27)(H,25,26). The second-order valence-electron chi connectivity index (χ2n) is 6.02. The highest BCUT2D eigenvalue weighted by molar-refractivity contribution is 6.02. The molecule has 0 unspecified atom stereocenters. The molecule has 0 atom stereocenters. The number of carbonyl (C=O) groups is 2. The first-order valence-electron chi connectivity index (χ1n) is 8.71. The van der Waals surface area contributed by atoms with Crippen molar-refractivity contribution in [3.63, 3.8) is 0 Å². The van der Waals surface area contributed by atoms with Crippen LogP contribution < -0.4 is 20.1 Å². The van der Waals surface area contributed by atoms with Crippen molar-refractivity contribution in [3.8, 4) is 11.5 Å². The van der Waals surface area contributed by atoms with E-state index < -0.39 is 41.5 Å². The molecule has 3 rings (SSSR count). The number of halogens is 3. The van der Waals surface area contributed by atoms with Crippen LogP contribution in [0, 0.1) is 17.5 Å². The lowest BCUT2D eigenvalue weighted by Gasteiger charge is -2.20. The average Bonchev–Trinajstić information content (AvgIpc) is 2.72. The van der Waals surface area contributed by atoms with E-state index in [1.165, 1.54) is 0 Å². The Morgan fingerprint density at radius 3 is 2.69 bits per heavy atom. The number of carbonyl (C=O) groups excluding carboxylic acids is 2. The monoisotopic (exact) mass is 406 g/mol. The highest BCUT2D eigenvalue weighted by Gasteiger charge is 2.21. The number of ether oxygens (including phenoxy) is 2. The lowest BCUT2D eigenvalue weighted by Crippen LogP contribution is -2.35. The summed E-state index contributed by atoms with van der Waals surface area (Å²) in [7, 11) is 0. The first kappa shape index (κ1) is 20.2. The second-order valence-corrected chi connectivity index (χ2v) is 6.02. The first-order valence-corrected chi connectivity index (χ1v) is 8.71. The topological polar surface area (TPSA) is 76.7 Å². The Morgan fingerprint density at radius 2 is 1.93 bits per heavy atom. The normalized spacial score (nSPS) is 12.3. The van der Waals surface area contributed by atoms with Crippen molar-refractivity contribution in [3.05, 3.63) is 58.9 Å². The maximum Gasteiger partial charge on any atom is 0.251 e. The number of rotatable bonds is 6. The molecule has 0 bridgehead atoms. The van der Waals surface area contributed by atoms with Crippen molar-refractivity contribution in [2.45, 2.75) is 6.92 Å². The van der Waals surface area contributed by atoms with Gasteiger partial charge < -0.3 is 20.1 Å². The number of nitrogens with one attached hydrogen (secondary N) is 2. The summed E-state index contributed by atoms with van der Waals surface area (Å²) in [4.78, 5) is 24.2. The summed E-state index contributed by atoms with van der Waals surface area (Å²) in [5.74, 6) is -4.86. The lowest BCUT2D eigenvalue weighted by atomic mass is 10.1. The Kier molecular flexibility index (Phi) is 6.06. The number of benzene rings is 2. The SMILES string of the molecule is CCOc1cccc2c1OCC(C(=O)NCC(=O)Nc1ccc(F)c(F)c1F)=C2. The van der Waals surface area contributed by atoms with Crippen molar-refractivity contribution in [2.24, 2.45) is 0 Å². The Bertz CT molecular complexity index is 992. The van der Waals surface area contributed by atoms with Gasteiger partial charge in [0.1, 0.15) is 6.61 Å². The van der Waals surface area contributed by atoms with Gasteiger partial charge in [0.15, 0.2) is 29.0 Å². The molecule has 0 saturated heterocycles. The third-order valence-electron chi connectivity index (χ3n) is 4.02. The van der Waals surface area contributed by atoms with Gasteiger partial charge in [-0.1, -0.05) is 12.1 Å². The molecular formula is C20H17F3N2O4. The molecule has 2 aromatic carbocycles. The van der Waals surface area contributed by atoms with Gasteiger partial charge in [0.2, 0.25) is 5.91 Å². The predicted molar refractivity (Wildman–Crippen MR) is 99.0 cm³/mol. The van der Waals surface area contributed by atoms with Crippen LogP contribution in [-0.2, 0) is 9.59 Å². The smallest absolute Gasteiger partial charge is 0.251 e. The molecule has 0 radical (unpaired) electrons. The van der Waals surface area contributed by atoms with Crippen LogP contribution in [-0.4, -0.2) is 31.6 Å². The average molecular weight is 406 g/mol. The van der Waals surface area contributed by atoms with Crippen LogP contribution in [0.4, 0.5) is 18.9 Å². The molecule has 0 saturated carbocycles. The van der Waals surface area contributed by atoms with Gasteiger partial charge in [-0.3, -0.25) is 9.59 Å². The third kappa shape index (κ3) is 4.50. The third-order valence-corrected chi connectivity index (χ3v) is 4.02. The van der Waals surface area contributed by atoms with Crippen LogP contribution in [0.15, 0.2) is 35.9 Å². The van der Waals surface area contributed by atoms with Crippen LogP contribution in [0.1, 0.15) is 12.5 Å². The van der Waals surface area contributed by atoms with Gasteiger partial charge in [-0.2, -0.15) is 0 Å². The zero-order chi connectivity index (χ0) is 21.0. The number of anilines is 1. The van der Waals surface area contributed by atoms with Crippen LogP contribution in [0.25, 0.3) is 6.08 Å². The van der Waals surface area contributed by atoms with E-state index in [1.54, 1.807) is 24.3 Å². The van der Waals surface area contributed by atoms with E-state index in [9.17, 15) is 22.8 Å². The molecule has 2 aromatic rings. The second kappa shape index (κ2) is 8.68. The molecule has 2 N–H and O–H groups in total. The van der Waals surface area contributed by atoms with Crippen LogP contribution in [0.2, 0.25) is 0 Å². The zero-order valence-corrected chi connectivity index (χ0v) is 15.4. The van der Waals surface area contributed by atoms with E-state index in [0.717, 1.165) is 6.07 Å². The fourth-order valence-electron chi connectivity index (χ4n) is 2.67. The summed E-state index contributed by atoms with van der Waals surface area (Å²) in [5.41, 5.74) is 0.402. The van der Waals surface area contributed by atoms with Crippen molar-refractivity contribution < 1.29 is 32.2 Å². The molecule has 1 aliphatic heterocycles. The molecule has 9 heteroatoms. The minimum atomic E-state index is -1.69. The van der Waals surface area contributed by atoms with Gasteiger partial charge >= 0.3 is 0 Å².